The van der Waals surface area contributed by atoms with Crippen LogP contribution in [0.15, 0.2) is 59.6 Å². The van der Waals surface area contributed by atoms with E-state index >= 15 is 0 Å². The van der Waals surface area contributed by atoms with Gasteiger partial charge in [0.05, 0.1) is 6.04 Å². The van der Waals surface area contributed by atoms with E-state index in [1.807, 2.05) is 25.1 Å². The molecule has 0 fully saturated rings. The zero-order chi connectivity index (χ0) is 13.9. The summed E-state index contributed by atoms with van der Waals surface area (Å²) < 4.78 is 18.8. The van der Waals surface area contributed by atoms with Gasteiger partial charge in [-0.3, -0.25) is 0 Å². The summed E-state index contributed by atoms with van der Waals surface area (Å²) in [4.78, 5) is 4.67. The first-order valence-corrected chi connectivity index (χ1v) is 6.78. The summed E-state index contributed by atoms with van der Waals surface area (Å²) in [6, 6.07) is 16.5. The lowest BCUT2D eigenvalue weighted by atomic mass is 10.0. The number of benzene rings is 2. The van der Waals surface area contributed by atoms with Gasteiger partial charge in [0.25, 0.3) is 0 Å². The van der Waals surface area contributed by atoms with Crippen molar-refractivity contribution in [2.24, 2.45) is 4.99 Å². The maximum Gasteiger partial charge on any atom is 0.216 e. The van der Waals surface area contributed by atoms with Gasteiger partial charge in [0.1, 0.15) is 11.9 Å². The van der Waals surface area contributed by atoms with Gasteiger partial charge in [0, 0.05) is 12.0 Å². The molecule has 0 N–H and O–H groups in total. The van der Waals surface area contributed by atoms with Gasteiger partial charge >= 0.3 is 0 Å². The normalized spacial score (nSPS) is 22.0. The van der Waals surface area contributed by atoms with Crippen LogP contribution in [0.1, 0.15) is 30.5 Å². The van der Waals surface area contributed by atoms with Crippen molar-refractivity contribution < 1.29 is 9.13 Å². The van der Waals surface area contributed by atoms with Crippen LogP contribution >= 0.6 is 0 Å². The highest BCUT2D eigenvalue weighted by molar-refractivity contribution is 5.94. The van der Waals surface area contributed by atoms with Gasteiger partial charge in [-0.1, -0.05) is 30.3 Å². The number of rotatable bonds is 2. The Hall–Kier alpha value is -2.16. The molecule has 1 aliphatic heterocycles. The van der Waals surface area contributed by atoms with E-state index in [1.54, 1.807) is 12.1 Å². The minimum atomic E-state index is -0.252. The van der Waals surface area contributed by atoms with Gasteiger partial charge < -0.3 is 4.74 Å². The molecule has 0 radical (unpaired) electrons. The van der Waals surface area contributed by atoms with Crippen molar-refractivity contribution in [2.75, 3.05) is 0 Å². The third-order valence-electron chi connectivity index (χ3n) is 3.42. The Labute approximate surface area is 117 Å². The molecule has 3 heteroatoms. The second-order valence-corrected chi connectivity index (χ2v) is 5.03. The predicted octanol–water partition coefficient (Wildman–Crippen LogP) is 4.12. The van der Waals surface area contributed by atoms with E-state index in [0.29, 0.717) is 5.90 Å². The number of halogens is 1. The first-order chi connectivity index (χ1) is 9.72. The largest absolute Gasteiger partial charge is 0.474 e. The fourth-order valence-corrected chi connectivity index (χ4v) is 2.40. The molecule has 2 nitrogen and oxygen atoms in total. The fraction of sp³-hybridized carbons (Fsp3) is 0.235. The summed E-state index contributed by atoms with van der Waals surface area (Å²) in [5, 5.41) is 0. The lowest BCUT2D eigenvalue weighted by Crippen LogP contribution is -2.24. The maximum absolute atomic E-state index is 13.0. The molecular formula is C17H16FNO. The Bertz CT molecular complexity index is 607. The van der Waals surface area contributed by atoms with Crippen molar-refractivity contribution in [3.63, 3.8) is 0 Å². The lowest BCUT2D eigenvalue weighted by Gasteiger charge is -2.27. The van der Waals surface area contributed by atoms with E-state index in [4.69, 9.17) is 4.74 Å². The Morgan fingerprint density at radius 1 is 1.05 bits per heavy atom. The van der Waals surface area contributed by atoms with Crippen molar-refractivity contribution >= 4 is 5.90 Å². The first kappa shape index (κ1) is 12.9. The van der Waals surface area contributed by atoms with E-state index in [9.17, 15) is 4.39 Å². The van der Waals surface area contributed by atoms with Gasteiger partial charge in [-0.25, -0.2) is 9.38 Å². The molecule has 0 saturated carbocycles. The zero-order valence-electron chi connectivity index (χ0n) is 11.3. The molecule has 0 saturated heterocycles. The molecule has 0 unspecified atom stereocenters. The average Bonchev–Trinajstić information content (AvgIpc) is 2.48. The van der Waals surface area contributed by atoms with Crippen LogP contribution in [-0.4, -0.2) is 12.0 Å². The number of ether oxygens (including phenoxy) is 1. The predicted molar refractivity (Wildman–Crippen MR) is 77.3 cm³/mol. The second-order valence-electron chi connectivity index (χ2n) is 5.03. The number of nitrogens with zero attached hydrogens (tertiary/aromatic N) is 1. The Kier molecular flexibility index (Phi) is 3.50. The highest BCUT2D eigenvalue weighted by atomic mass is 19.1. The molecule has 3 rings (SSSR count). The summed E-state index contributed by atoms with van der Waals surface area (Å²) in [6.45, 7) is 2.04. The Morgan fingerprint density at radius 2 is 1.75 bits per heavy atom. The molecule has 20 heavy (non-hydrogen) atoms. The summed E-state index contributed by atoms with van der Waals surface area (Å²) in [5.41, 5.74) is 2.00. The van der Waals surface area contributed by atoms with Crippen LogP contribution in [0, 0.1) is 5.82 Å². The van der Waals surface area contributed by atoms with Gasteiger partial charge in [0.2, 0.25) is 5.90 Å². The van der Waals surface area contributed by atoms with Gasteiger partial charge in [0.15, 0.2) is 0 Å². The minimum Gasteiger partial charge on any atom is -0.474 e. The zero-order valence-corrected chi connectivity index (χ0v) is 11.3. The smallest absolute Gasteiger partial charge is 0.216 e. The quantitative estimate of drug-likeness (QED) is 0.803. The minimum absolute atomic E-state index is 0.0951. The monoisotopic (exact) mass is 269 g/mol. The highest BCUT2D eigenvalue weighted by Crippen LogP contribution is 2.29. The molecule has 0 amide bonds. The second kappa shape index (κ2) is 5.45. The summed E-state index contributed by atoms with van der Waals surface area (Å²) >= 11 is 0. The third kappa shape index (κ3) is 2.72. The van der Waals surface area contributed by atoms with Crippen molar-refractivity contribution in [1.82, 2.24) is 0 Å². The molecule has 0 aromatic heterocycles. The number of hydrogen-bond donors (Lipinski definition) is 0. The van der Waals surface area contributed by atoms with Crippen LogP contribution in [0.2, 0.25) is 0 Å². The average molecular weight is 269 g/mol. The van der Waals surface area contributed by atoms with Crippen molar-refractivity contribution in [1.29, 1.82) is 0 Å². The molecule has 1 aliphatic rings. The van der Waals surface area contributed by atoms with Gasteiger partial charge in [-0.2, -0.15) is 0 Å². The van der Waals surface area contributed by atoms with E-state index in [2.05, 4.69) is 17.1 Å². The van der Waals surface area contributed by atoms with Crippen molar-refractivity contribution in [3.05, 3.63) is 71.5 Å². The van der Waals surface area contributed by atoms with Crippen LogP contribution in [0.5, 0.6) is 0 Å². The first-order valence-electron chi connectivity index (χ1n) is 6.78. The van der Waals surface area contributed by atoms with E-state index in [-0.39, 0.29) is 18.0 Å². The standard InChI is InChI=1S/C17H16FNO/c1-12-11-16(13-5-3-2-4-6-13)19-17(20-12)14-7-9-15(18)10-8-14/h2-10,12,16H,11H2,1H3/t12-,16-/m1/s1. The Balaban J connectivity index is 1.94. The number of hydrogen-bond acceptors (Lipinski definition) is 2. The summed E-state index contributed by atoms with van der Waals surface area (Å²) in [7, 11) is 0. The van der Waals surface area contributed by atoms with Crippen molar-refractivity contribution in [3.8, 4) is 0 Å². The van der Waals surface area contributed by atoms with Crippen LogP contribution in [0.3, 0.4) is 0 Å². The topological polar surface area (TPSA) is 21.6 Å². The van der Waals surface area contributed by atoms with Crippen LogP contribution in [-0.2, 0) is 4.74 Å². The highest BCUT2D eigenvalue weighted by Gasteiger charge is 2.23. The SMILES string of the molecule is C[C@@H]1C[C@H](c2ccccc2)N=C(c2ccc(F)cc2)O1. The third-order valence-corrected chi connectivity index (χ3v) is 3.42. The fourth-order valence-electron chi connectivity index (χ4n) is 2.40. The molecular weight excluding hydrogens is 253 g/mol. The van der Waals surface area contributed by atoms with E-state index in [0.717, 1.165) is 12.0 Å². The molecule has 0 aliphatic carbocycles. The van der Waals surface area contributed by atoms with Crippen molar-refractivity contribution in [2.45, 2.75) is 25.5 Å². The molecule has 102 valence electrons. The van der Waals surface area contributed by atoms with Crippen LogP contribution in [0.4, 0.5) is 4.39 Å². The number of aliphatic imine (C=N–C) groups is 1. The van der Waals surface area contributed by atoms with Crippen LogP contribution in [0.25, 0.3) is 0 Å². The summed E-state index contributed by atoms with van der Waals surface area (Å²) in [6.07, 6.45) is 0.951. The molecule has 0 spiro atoms. The van der Waals surface area contributed by atoms with Gasteiger partial charge in [-0.05, 0) is 36.8 Å². The maximum atomic E-state index is 13.0. The van der Waals surface area contributed by atoms with Gasteiger partial charge in [-0.15, -0.1) is 0 Å². The lowest BCUT2D eigenvalue weighted by molar-refractivity contribution is 0.168. The summed E-state index contributed by atoms with van der Waals surface area (Å²) in [5.74, 6) is 0.343. The Morgan fingerprint density at radius 3 is 2.45 bits per heavy atom. The van der Waals surface area contributed by atoms with E-state index in [1.165, 1.54) is 17.7 Å². The molecule has 2 aromatic carbocycles. The molecule has 1 heterocycles. The van der Waals surface area contributed by atoms with E-state index < -0.39 is 0 Å². The molecule has 0 bridgehead atoms. The molecule has 2 atom stereocenters. The molecule has 2 aromatic rings. The van der Waals surface area contributed by atoms with Crippen LogP contribution < -0.4 is 0 Å².